The number of thiazole rings is 1. The van der Waals surface area contributed by atoms with E-state index in [-0.39, 0.29) is 5.91 Å². The highest BCUT2D eigenvalue weighted by molar-refractivity contribution is 7.09. The minimum Gasteiger partial charge on any atom is -0.350 e. The van der Waals surface area contributed by atoms with Crippen LogP contribution in [-0.4, -0.2) is 20.4 Å². The monoisotopic (exact) mass is 361 g/mol. The highest BCUT2D eigenvalue weighted by Crippen LogP contribution is 2.23. The van der Waals surface area contributed by atoms with Crippen molar-refractivity contribution in [2.24, 2.45) is 7.05 Å². The lowest BCUT2D eigenvalue weighted by molar-refractivity contribution is 0.0731. The summed E-state index contributed by atoms with van der Waals surface area (Å²) in [5, 5.41) is 3.87. The molecule has 0 radical (unpaired) electrons. The van der Waals surface area contributed by atoms with Crippen LogP contribution in [0.2, 0.25) is 0 Å². The van der Waals surface area contributed by atoms with E-state index in [9.17, 15) is 4.79 Å². The van der Waals surface area contributed by atoms with Crippen LogP contribution < -0.4 is 0 Å². The highest BCUT2D eigenvalue weighted by Gasteiger charge is 2.21. The van der Waals surface area contributed by atoms with Crippen LogP contribution in [0.15, 0.2) is 72.4 Å². The molecule has 0 aliphatic heterocycles. The molecule has 0 saturated heterocycles. The fourth-order valence-electron chi connectivity index (χ4n) is 3.18. The molecule has 0 fully saturated rings. The predicted octanol–water partition coefficient (Wildman–Crippen LogP) is 4.48. The number of carbonyl (C=O) groups is 1. The second-order valence-electron chi connectivity index (χ2n) is 6.24. The molecule has 4 aromatic rings. The van der Waals surface area contributed by atoms with Gasteiger partial charge in [-0.3, -0.25) is 4.79 Å². The number of hydrogen-bond acceptors (Lipinski definition) is 3. The SMILES string of the molecule is Cn1cc(C(=O)N(Cc2ccccc2)Cc2nccs2)c2ccccc21. The van der Waals surface area contributed by atoms with Crippen molar-refractivity contribution in [3.05, 3.63) is 88.5 Å². The van der Waals surface area contributed by atoms with E-state index in [2.05, 4.69) is 4.98 Å². The lowest BCUT2D eigenvalue weighted by atomic mass is 10.1. The topological polar surface area (TPSA) is 38.1 Å². The third-order valence-corrected chi connectivity index (χ3v) is 5.20. The van der Waals surface area contributed by atoms with Crippen molar-refractivity contribution in [3.8, 4) is 0 Å². The normalized spacial score (nSPS) is 11.0. The Morgan fingerprint density at radius 3 is 2.62 bits per heavy atom. The number of amides is 1. The number of rotatable bonds is 5. The zero-order chi connectivity index (χ0) is 17.9. The van der Waals surface area contributed by atoms with Crippen molar-refractivity contribution in [3.63, 3.8) is 0 Å². The van der Waals surface area contributed by atoms with Crippen LogP contribution >= 0.6 is 11.3 Å². The van der Waals surface area contributed by atoms with E-state index in [1.54, 1.807) is 17.5 Å². The van der Waals surface area contributed by atoms with Crippen LogP contribution in [0.3, 0.4) is 0 Å². The van der Waals surface area contributed by atoms with Crippen molar-refractivity contribution >= 4 is 28.1 Å². The third-order valence-electron chi connectivity index (χ3n) is 4.44. The molecule has 0 unspecified atom stereocenters. The Kier molecular flexibility index (Phi) is 4.54. The van der Waals surface area contributed by atoms with E-state index in [1.165, 1.54) is 0 Å². The van der Waals surface area contributed by atoms with Gasteiger partial charge < -0.3 is 9.47 Å². The maximum atomic E-state index is 13.4. The van der Waals surface area contributed by atoms with E-state index in [0.717, 1.165) is 27.0 Å². The second kappa shape index (κ2) is 7.14. The van der Waals surface area contributed by atoms with E-state index < -0.39 is 0 Å². The Labute approximate surface area is 156 Å². The summed E-state index contributed by atoms with van der Waals surface area (Å²) in [6, 6.07) is 18.1. The molecule has 0 aliphatic rings. The van der Waals surface area contributed by atoms with Crippen molar-refractivity contribution in [1.29, 1.82) is 0 Å². The number of nitrogens with zero attached hydrogens (tertiary/aromatic N) is 3. The standard InChI is InChI=1S/C21H19N3OS/c1-23-14-18(17-9-5-6-10-19(17)23)21(25)24(15-20-22-11-12-26-20)13-16-7-3-2-4-8-16/h2-12,14H,13,15H2,1H3. The van der Waals surface area contributed by atoms with Crippen LogP contribution in [0, 0.1) is 0 Å². The van der Waals surface area contributed by atoms with Crippen molar-refractivity contribution < 1.29 is 4.79 Å². The summed E-state index contributed by atoms with van der Waals surface area (Å²) in [5.74, 6) is 0.0286. The number of carbonyl (C=O) groups excluding carboxylic acids is 1. The van der Waals surface area contributed by atoms with Gasteiger partial charge in [0.25, 0.3) is 5.91 Å². The predicted molar refractivity (Wildman–Crippen MR) is 105 cm³/mol. The summed E-state index contributed by atoms with van der Waals surface area (Å²) in [6.45, 7) is 1.07. The third kappa shape index (κ3) is 3.26. The molecule has 0 bridgehead atoms. The Hall–Kier alpha value is -2.92. The lowest BCUT2D eigenvalue weighted by Crippen LogP contribution is -2.30. The van der Waals surface area contributed by atoms with Crippen LogP contribution in [0.1, 0.15) is 20.9 Å². The molecular weight excluding hydrogens is 342 g/mol. The maximum absolute atomic E-state index is 13.4. The number of benzene rings is 2. The molecule has 0 spiro atoms. The number of aryl methyl sites for hydroxylation is 1. The summed E-state index contributed by atoms with van der Waals surface area (Å²) >= 11 is 1.57. The molecule has 130 valence electrons. The largest absolute Gasteiger partial charge is 0.350 e. The van der Waals surface area contributed by atoms with E-state index >= 15 is 0 Å². The lowest BCUT2D eigenvalue weighted by Gasteiger charge is -2.21. The van der Waals surface area contributed by atoms with Gasteiger partial charge in [0.2, 0.25) is 0 Å². The molecule has 5 heteroatoms. The van der Waals surface area contributed by atoms with Crippen LogP contribution in [0.4, 0.5) is 0 Å². The minimum atomic E-state index is 0.0286. The molecule has 2 heterocycles. The van der Waals surface area contributed by atoms with E-state index in [4.69, 9.17) is 0 Å². The van der Waals surface area contributed by atoms with Gasteiger partial charge in [0.15, 0.2) is 0 Å². The first kappa shape index (κ1) is 16.5. The number of fused-ring (bicyclic) bond motifs is 1. The van der Waals surface area contributed by atoms with Crippen molar-refractivity contribution in [1.82, 2.24) is 14.5 Å². The molecule has 0 atom stereocenters. The molecule has 0 aliphatic carbocycles. The highest BCUT2D eigenvalue weighted by atomic mass is 32.1. The summed E-state index contributed by atoms with van der Waals surface area (Å²) in [7, 11) is 1.97. The average Bonchev–Trinajstić information content (AvgIpc) is 3.30. The summed E-state index contributed by atoms with van der Waals surface area (Å²) < 4.78 is 2.01. The summed E-state index contributed by atoms with van der Waals surface area (Å²) in [6.07, 6.45) is 3.70. The molecule has 4 nitrogen and oxygen atoms in total. The second-order valence-corrected chi connectivity index (χ2v) is 7.22. The van der Waals surface area contributed by atoms with Gasteiger partial charge in [0.05, 0.1) is 12.1 Å². The Bertz CT molecular complexity index is 1020. The zero-order valence-electron chi connectivity index (χ0n) is 14.5. The van der Waals surface area contributed by atoms with Crippen LogP contribution in [-0.2, 0) is 20.1 Å². The van der Waals surface area contributed by atoms with Gasteiger partial charge in [-0.15, -0.1) is 11.3 Å². The fourth-order valence-corrected chi connectivity index (χ4v) is 3.81. The Balaban J connectivity index is 1.71. The molecule has 4 rings (SSSR count). The Morgan fingerprint density at radius 1 is 1.08 bits per heavy atom. The molecule has 2 aromatic carbocycles. The first-order valence-corrected chi connectivity index (χ1v) is 9.36. The van der Waals surface area contributed by atoms with Gasteiger partial charge in [-0.1, -0.05) is 48.5 Å². The first-order valence-electron chi connectivity index (χ1n) is 8.48. The summed E-state index contributed by atoms with van der Waals surface area (Å²) in [5.41, 5.74) is 2.90. The van der Waals surface area contributed by atoms with Gasteiger partial charge in [-0.25, -0.2) is 4.98 Å². The molecule has 2 aromatic heterocycles. The van der Waals surface area contributed by atoms with Gasteiger partial charge in [-0.2, -0.15) is 0 Å². The van der Waals surface area contributed by atoms with Crippen LogP contribution in [0.25, 0.3) is 10.9 Å². The molecular formula is C21H19N3OS. The van der Waals surface area contributed by atoms with Crippen molar-refractivity contribution in [2.75, 3.05) is 0 Å². The fraction of sp³-hybridized carbons (Fsp3) is 0.143. The van der Waals surface area contributed by atoms with Gasteiger partial charge in [-0.05, 0) is 11.6 Å². The van der Waals surface area contributed by atoms with Gasteiger partial charge in [0, 0.05) is 42.3 Å². The number of aromatic nitrogens is 2. The first-order chi connectivity index (χ1) is 12.7. The van der Waals surface area contributed by atoms with Crippen LogP contribution in [0.5, 0.6) is 0 Å². The van der Waals surface area contributed by atoms with Gasteiger partial charge in [0.1, 0.15) is 5.01 Å². The Morgan fingerprint density at radius 2 is 1.85 bits per heavy atom. The minimum absolute atomic E-state index is 0.0286. The van der Waals surface area contributed by atoms with Gasteiger partial charge >= 0.3 is 0 Å². The zero-order valence-corrected chi connectivity index (χ0v) is 15.3. The quantitative estimate of drug-likeness (QED) is 0.526. The van der Waals surface area contributed by atoms with E-state index in [0.29, 0.717) is 13.1 Å². The molecule has 1 amide bonds. The average molecular weight is 361 g/mol. The smallest absolute Gasteiger partial charge is 0.256 e. The molecule has 0 saturated carbocycles. The van der Waals surface area contributed by atoms with Crippen molar-refractivity contribution in [2.45, 2.75) is 13.1 Å². The maximum Gasteiger partial charge on any atom is 0.256 e. The number of hydrogen-bond donors (Lipinski definition) is 0. The summed E-state index contributed by atoms with van der Waals surface area (Å²) in [4.78, 5) is 19.6. The molecule has 0 N–H and O–H groups in total. The molecule has 26 heavy (non-hydrogen) atoms. The number of para-hydroxylation sites is 1. The van der Waals surface area contributed by atoms with E-state index in [1.807, 2.05) is 82.7 Å².